The highest BCUT2D eigenvalue weighted by molar-refractivity contribution is 5.96. The Morgan fingerprint density at radius 1 is 0.935 bits per heavy atom. The van der Waals surface area contributed by atoms with Gasteiger partial charge in [-0.1, -0.05) is 6.07 Å². The average molecular weight is 425 g/mol. The number of carbonyl (C=O) groups is 2. The van der Waals surface area contributed by atoms with Crippen molar-refractivity contribution in [3.63, 3.8) is 0 Å². The number of amides is 2. The number of halogens is 1. The molecule has 0 unspecified atom stereocenters. The second kappa shape index (κ2) is 9.92. The van der Waals surface area contributed by atoms with Crippen LogP contribution >= 0.6 is 0 Å². The van der Waals surface area contributed by atoms with Gasteiger partial charge in [0, 0.05) is 37.4 Å². The van der Waals surface area contributed by atoms with E-state index in [2.05, 4.69) is 15.5 Å². The van der Waals surface area contributed by atoms with Crippen molar-refractivity contribution >= 4 is 17.5 Å². The second-order valence-corrected chi connectivity index (χ2v) is 8.11. The van der Waals surface area contributed by atoms with Crippen LogP contribution in [0.3, 0.4) is 0 Å². The number of carbonyl (C=O) groups excluding carboxylic acids is 2. The predicted molar refractivity (Wildman–Crippen MR) is 119 cm³/mol. The smallest absolute Gasteiger partial charge is 0.251 e. The van der Waals surface area contributed by atoms with Gasteiger partial charge in [0.25, 0.3) is 5.91 Å². The molecule has 0 saturated carbocycles. The standard InChI is InChI=1S/C24H29FN4O2/c25-21-4-6-22(7-5-21)28-12-1-13-29(15-14-28)23(30)17-27-24(31)20-3-2-18-8-10-26-11-9-19(18)16-20/h2-7,16,26H,1,8-15,17H2,(H,27,31). The van der Waals surface area contributed by atoms with Gasteiger partial charge in [-0.3, -0.25) is 9.59 Å². The molecule has 6 nitrogen and oxygen atoms in total. The van der Waals surface area contributed by atoms with Crippen LogP contribution in [-0.4, -0.2) is 62.5 Å². The largest absolute Gasteiger partial charge is 0.370 e. The van der Waals surface area contributed by atoms with Gasteiger partial charge < -0.3 is 20.4 Å². The van der Waals surface area contributed by atoms with E-state index in [-0.39, 0.29) is 24.2 Å². The maximum Gasteiger partial charge on any atom is 0.251 e. The van der Waals surface area contributed by atoms with E-state index in [9.17, 15) is 14.0 Å². The molecule has 2 aromatic carbocycles. The molecule has 0 radical (unpaired) electrons. The average Bonchev–Trinajstić information content (AvgIpc) is 3.18. The first kappa shape index (κ1) is 21.3. The number of benzene rings is 2. The van der Waals surface area contributed by atoms with Crippen molar-refractivity contribution in [2.24, 2.45) is 0 Å². The molecule has 0 aromatic heterocycles. The maximum atomic E-state index is 13.2. The summed E-state index contributed by atoms with van der Waals surface area (Å²) in [4.78, 5) is 29.2. The van der Waals surface area contributed by atoms with E-state index in [0.29, 0.717) is 25.2 Å². The predicted octanol–water partition coefficient (Wildman–Crippen LogP) is 1.98. The fourth-order valence-electron chi connectivity index (χ4n) is 4.26. The lowest BCUT2D eigenvalue weighted by Gasteiger charge is -2.24. The van der Waals surface area contributed by atoms with Gasteiger partial charge in [-0.05, 0) is 79.9 Å². The fraction of sp³-hybridized carbons (Fsp3) is 0.417. The number of rotatable bonds is 4. The lowest BCUT2D eigenvalue weighted by Crippen LogP contribution is -2.42. The molecule has 2 aliphatic heterocycles. The third-order valence-corrected chi connectivity index (χ3v) is 6.05. The minimum Gasteiger partial charge on any atom is -0.370 e. The van der Waals surface area contributed by atoms with Crippen molar-refractivity contribution in [1.29, 1.82) is 0 Å². The molecule has 1 fully saturated rings. The second-order valence-electron chi connectivity index (χ2n) is 8.11. The first-order chi connectivity index (χ1) is 15.1. The van der Waals surface area contributed by atoms with E-state index >= 15 is 0 Å². The molecule has 164 valence electrons. The molecule has 0 atom stereocenters. The number of fused-ring (bicyclic) bond motifs is 1. The highest BCUT2D eigenvalue weighted by atomic mass is 19.1. The van der Waals surface area contributed by atoms with E-state index in [1.54, 1.807) is 17.0 Å². The lowest BCUT2D eigenvalue weighted by atomic mass is 10.00. The van der Waals surface area contributed by atoms with Gasteiger partial charge in [0.2, 0.25) is 5.91 Å². The van der Waals surface area contributed by atoms with Crippen molar-refractivity contribution in [2.75, 3.05) is 50.7 Å². The summed E-state index contributed by atoms with van der Waals surface area (Å²) in [5.41, 5.74) is 4.06. The Balaban J connectivity index is 1.30. The van der Waals surface area contributed by atoms with Crippen molar-refractivity contribution in [2.45, 2.75) is 19.3 Å². The van der Waals surface area contributed by atoms with Crippen molar-refractivity contribution in [3.8, 4) is 0 Å². The molecule has 0 aliphatic carbocycles. The summed E-state index contributed by atoms with van der Waals surface area (Å²) < 4.78 is 13.2. The minimum absolute atomic E-state index is 0.00593. The summed E-state index contributed by atoms with van der Waals surface area (Å²) >= 11 is 0. The molecule has 2 amide bonds. The quantitative estimate of drug-likeness (QED) is 0.788. The van der Waals surface area contributed by atoms with Crippen LogP contribution in [0, 0.1) is 5.82 Å². The summed E-state index contributed by atoms with van der Waals surface area (Å²) in [6, 6.07) is 12.3. The van der Waals surface area contributed by atoms with E-state index in [1.165, 1.54) is 23.3 Å². The molecule has 1 saturated heterocycles. The Hall–Kier alpha value is -2.93. The van der Waals surface area contributed by atoms with Crippen LogP contribution in [0.15, 0.2) is 42.5 Å². The van der Waals surface area contributed by atoms with E-state index in [4.69, 9.17) is 0 Å². The van der Waals surface area contributed by atoms with Gasteiger partial charge in [-0.2, -0.15) is 0 Å². The molecule has 0 spiro atoms. The number of hydrogen-bond donors (Lipinski definition) is 2. The summed E-state index contributed by atoms with van der Waals surface area (Å²) in [5.74, 6) is -0.540. The Labute approximate surface area is 182 Å². The van der Waals surface area contributed by atoms with Gasteiger partial charge >= 0.3 is 0 Å². The van der Waals surface area contributed by atoms with Crippen LogP contribution in [-0.2, 0) is 17.6 Å². The zero-order valence-corrected chi connectivity index (χ0v) is 17.7. The maximum absolute atomic E-state index is 13.2. The molecule has 4 rings (SSSR count). The minimum atomic E-state index is -0.253. The Kier molecular flexibility index (Phi) is 6.82. The number of hydrogen-bond acceptors (Lipinski definition) is 4. The van der Waals surface area contributed by atoms with Crippen LogP contribution in [0.25, 0.3) is 0 Å². The Bertz CT molecular complexity index is 932. The monoisotopic (exact) mass is 424 g/mol. The summed E-state index contributed by atoms with van der Waals surface area (Å²) in [5, 5.41) is 6.16. The normalized spacial score (nSPS) is 16.8. The summed E-state index contributed by atoms with van der Waals surface area (Å²) in [7, 11) is 0. The van der Waals surface area contributed by atoms with Gasteiger partial charge in [-0.15, -0.1) is 0 Å². The van der Waals surface area contributed by atoms with E-state index in [1.807, 2.05) is 18.2 Å². The fourth-order valence-corrected chi connectivity index (χ4v) is 4.26. The van der Waals surface area contributed by atoms with Gasteiger partial charge in [0.05, 0.1) is 6.54 Å². The van der Waals surface area contributed by atoms with Crippen molar-refractivity contribution in [3.05, 3.63) is 65.0 Å². The van der Waals surface area contributed by atoms with Crippen LogP contribution in [0.1, 0.15) is 27.9 Å². The van der Waals surface area contributed by atoms with Crippen LogP contribution in [0.5, 0.6) is 0 Å². The van der Waals surface area contributed by atoms with E-state index in [0.717, 1.165) is 44.6 Å². The zero-order chi connectivity index (χ0) is 21.6. The molecule has 7 heteroatoms. The first-order valence-electron chi connectivity index (χ1n) is 11.0. The third kappa shape index (κ3) is 5.41. The Morgan fingerprint density at radius 2 is 1.71 bits per heavy atom. The van der Waals surface area contributed by atoms with Crippen molar-refractivity contribution in [1.82, 2.24) is 15.5 Å². The van der Waals surface area contributed by atoms with Crippen LogP contribution < -0.4 is 15.5 Å². The molecule has 2 aromatic rings. The number of nitrogens with zero attached hydrogens (tertiary/aromatic N) is 2. The summed E-state index contributed by atoms with van der Waals surface area (Å²) in [6.07, 6.45) is 2.71. The molecule has 2 N–H and O–H groups in total. The number of nitrogens with one attached hydrogen (secondary N) is 2. The topological polar surface area (TPSA) is 64.7 Å². The van der Waals surface area contributed by atoms with E-state index < -0.39 is 0 Å². The van der Waals surface area contributed by atoms with Gasteiger partial charge in [0.1, 0.15) is 5.82 Å². The zero-order valence-electron chi connectivity index (χ0n) is 17.7. The SMILES string of the molecule is O=C(NCC(=O)N1CCCN(c2ccc(F)cc2)CC1)c1ccc2c(c1)CCNCC2. The molecular formula is C24H29FN4O2. The van der Waals surface area contributed by atoms with Crippen molar-refractivity contribution < 1.29 is 14.0 Å². The summed E-state index contributed by atoms with van der Waals surface area (Å²) in [6.45, 7) is 4.60. The van der Waals surface area contributed by atoms with Crippen LogP contribution in [0.2, 0.25) is 0 Å². The van der Waals surface area contributed by atoms with Crippen LogP contribution in [0.4, 0.5) is 10.1 Å². The lowest BCUT2D eigenvalue weighted by molar-refractivity contribution is -0.129. The highest BCUT2D eigenvalue weighted by Gasteiger charge is 2.20. The molecule has 2 heterocycles. The molecular weight excluding hydrogens is 395 g/mol. The Morgan fingerprint density at radius 3 is 2.52 bits per heavy atom. The number of anilines is 1. The third-order valence-electron chi connectivity index (χ3n) is 6.05. The highest BCUT2D eigenvalue weighted by Crippen LogP contribution is 2.18. The molecule has 2 aliphatic rings. The molecule has 0 bridgehead atoms. The van der Waals surface area contributed by atoms with Gasteiger partial charge in [-0.25, -0.2) is 4.39 Å². The molecule has 31 heavy (non-hydrogen) atoms. The first-order valence-corrected chi connectivity index (χ1v) is 11.0. The van der Waals surface area contributed by atoms with Gasteiger partial charge in [0.15, 0.2) is 0 Å².